The minimum Gasteiger partial charge on any atom is -0.480 e. The van der Waals surface area contributed by atoms with Gasteiger partial charge in [0.15, 0.2) is 5.12 Å². The molecule has 1 heterocycles. The molecule has 0 aliphatic carbocycles. The summed E-state index contributed by atoms with van der Waals surface area (Å²) >= 11 is 1.08. The number of fused-ring (bicyclic) bond motifs is 1. The van der Waals surface area contributed by atoms with Crippen molar-refractivity contribution in [2.24, 2.45) is 5.92 Å². The maximum absolute atomic E-state index is 13.0. The van der Waals surface area contributed by atoms with Crippen LogP contribution >= 0.6 is 11.8 Å². The zero-order valence-electron chi connectivity index (χ0n) is 16.6. The van der Waals surface area contributed by atoms with E-state index in [-0.39, 0.29) is 17.4 Å². The van der Waals surface area contributed by atoms with E-state index in [0.29, 0.717) is 12.2 Å². The molecule has 0 saturated carbocycles. The molecule has 3 aromatic rings. The molecule has 0 aliphatic heterocycles. The Kier molecular flexibility index (Phi) is 7.30. The van der Waals surface area contributed by atoms with Gasteiger partial charge in [0.25, 0.3) is 0 Å². The predicted octanol–water partition coefficient (Wildman–Crippen LogP) is 3.42. The number of carbonyl (C=O) groups is 3. The smallest absolute Gasteiger partial charge is 0.326 e. The van der Waals surface area contributed by atoms with Crippen molar-refractivity contribution in [3.05, 3.63) is 71.9 Å². The molecule has 0 radical (unpaired) electrons. The summed E-state index contributed by atoms with van der Waals surface area (Å²) in [6.07, 6.45) is 2.38. The van der Waals surface area contributed by atoms with E-state index >= 15 is 0 Å². The largest absolute Gasteiger partial charge is 0.480 e. The fourth-order valence-corrected chi connectivity index (χ4v) is 4.06. The standard InChI is InChI=1S/C23H24N2O4S/c1-15(26)30-14-18(11-16-7-3-2-4-8-16)22(27)25-21(23(28)29)12-17-13-24-20-10-6-5-9-19(17)20/h2-10,13,18,21,24H,11-12,14H2,1H3,(H,25,27)(H,28,29)/t18?,21-/m1/s1. The molecule has 3 rings (SSSR count). The molecule has 0 bridgehead atoms. The van der Waals surface area contributed by atoms with Gasteiger partial charge in [-0.1, -0.05) is 60.3 Å². The summed E-state index contributed by atoms with van der Waals surface area (Å²) in [5.41, 5.74) is 2.71. The number of carboxylic acids is 1. The van der Waals surface area contributed by atoms with Crippen molar-refractivity contribution in [1.29, 1.82) is 0 Å². The molecule has 0 spiro atoms. The first kappa shape index (κ1) is 21.6. The van der Waals surface area contributed by atoms with Crippen LogP contribution in [0, 0.1) is 5.92 Å². The van der Waals surface area contributed by atoms with Crippen molar-refractivity contribution < 1.29 is 19.5 Å². The Labute approximate surface area is 179 Å². The number of hydrogen-bond acceptors (Lipinski definition) is 4. The molecule has 0 saturated heterocycles. The lowest BCUT2D eigenvalue weighted by Gasteiger charge is -2.20. The first-order valence-electron chi connectivity index (χ1n) is 9.69. The summed E-state index contributed by atoms with van der Waals surface area (Å²) in [6.45, 7) is 1.46. The van der Waals surface area contributed by atoms with Gasteiger partial charge < -0.3 is 15.4 Å². The number of hydrogen-bond donors (Lipinski definition) is 3. The van der Waals surface area contributed by atoms with Gasteiger partial charge in [0.1, 0.15) is 6.04 Å². The number of thioether (sulfide) groups is 1. The molecule has 2 aromatic carbocycles. The van der Waals surface area contributed by atoms with Crippen LogP contribution in [0.5, 0.6) is 0 Å². The lowest BCUT2D eigenvalue weighted by atomic mass is 9.99. The van der Waals surface area contributed by atoms with Crippen LogP contribution in [-0.2, 0) is 27.2 Å². The van der Waals surface area contributed by atoms with E-state index in [1.165, 1.54) is 6.92 Å². The topological polar surface area (TPSA) is 99.3 Å². The lowest BCUT2D eigenvalue weighted by molar-refractivity contribution is -0.142. The molecule has 156 valence electrons. The summed E-state index contributed by atoms with van der Waals surface area (Å²) < 4.78 is 0. The van der Waals surface area contributed by atoms with E-state index in [4.69, 9.17) is 0 Å². The maximum atomic E-state index is 13.0. The van der Waals surface area contributed by atoms with Crippen molar-refractivity contribution in [2.75, 3.05) is 5.75 Å². The summed E-state index contributed by atoms with van der Waals surface area (Å²) in [5, 5.41) is 13.2. The molecule has 3 N–H and O–H groups in total. The summed E-state index contributed by atoms with van der Waals surface area (Å²) in [7, 11) is 0. The number of aliphatic carboxylic acids is 1. The van der Waals surface area contributed by atoms with Crippen LogP contribution in [0.15, 0.2) is 60.8 Å². The van der Waals surface area contributed by atoms with Gasteiger partial charge in [0.2, 0.25) is 5.91 Å². The zero-order chi connectivity index (χ0) is 21.5. The van der Waals surface area contributed by atoms with Gasteiger partial charge in [0, 0.05) is 36.2 Å². The molecular weight excluding hydrogens is 400 g/mol. The minimum atomic E-state index is -1.09. The number of amides is 1. The van der Waals surface area contributed by atoms with Crippen LogP contribution in [0.4, 0.5) is 0 Å². The molecule has 1 aromatic heterocycles. The highest BCUT2D eigenvalue weighted by Gasteiger charge is 2.27. The van der Waals surface area contributed by atoms with Gasteiger partial charge in [-0.3, -0.25) is 9.59 Å². The first-order chi connectivity index (χ1) is 14.4. The van der Waals surface area contributed by atoms with Gasteiger partial charge in [-0.2, -0.15) is 0 Å². The third-order valence-corrected chi connectivity index (χ3v) is 5.87. The van der Waals surface area contributed by atoms with Crippen LogP contribution in [0.1, 0.15) is 18.1 Å². The second-order valence-electron chi connectivity index (χ2n) is 7.15. The highest BCUT2D eigenvalue weighted by atomic mass is 32.2. The molecule has 1 unspecified atom stereocenters. The minimum absolute atomic E-state index is 0.0746. The fraction of sp³-hybridized carbons (Fsp3) is 0.261. The number of benzene rings is 2. The molecule has 1 amide bonds. The van der Waals surface area contributed by atoms with Gasteiger partial charge in [-0.15, -0.1) is 0 Å². The van der Waals surface area contributed by atoms with Crippen molar-refractivity contribution in [1.82, 2.24) is 10.3 Å². The lowest BCUT2D eigenvalue weighted by Crippen LogP contribution is -2.46. The van der Waals surface area contributed by atoms with Gasteiger partial charge in [0.05, 0.1) is 5.92 Å². The van der Waals surface area contributed by atoms with Crippen LogP contribution < -0.4 is 5.32 Å². The van der Waals surface area contributed by atoms with Crippen LogP contribution in [-0.4, -0.2) is 38.9 Å². The first-order valence-corrected chi connectivity index (χ1v) is 10.7. The number of aromatic amines is 1. The van der Waals surface area contributed by atoms with Crippen molar-refractivity contribution >= 4 is 39.7 Å². The van der Waals surface area contributed by atoms with E-state index in [1.54, 1.807) is 6.20 Å². The average Bonchev–Trinajstić information content (AvgIpc) is 3.14. The predicted molar refractivity (Wildman–Crippen MR) is 118 cm³/mol. The third kappa shape index (κ3) is 5.73. The zero-order valence-corrected chi connectivity index (χ0v) is 17.4. The molecule has 0 aliphatic rings. The Bertz CT molecular complexity index is 1030. The van der Waals surface area contributed by atoms with E-state index in [0.717, 1.165) is 33.8 Å². The number of H-pyrrole nitrogens is 1. The van der Waals surface area contributed by atoms with Gasteiger partial charge in [-0.25, -0.2) is 4.79 Å². The van der Waals surface area contributed by atoms with Crippen molar-refractivity contribution in [3.8, 4) is 0 Å². The third-order valence-electron chi connectivity index (χ3n) is 4.90. The number of aromatic nitrogens is 1. The second-order valence-corrected chi connectivity index (χ2v) is 8.35. The quantitative estimate of drug-likeness (QED) is 0.489. The Balaban J connectivity index is 1.74. The number of rotatable bonds is 9. The van der Waals surface area contributed by atoms with E-state index in [2.05, 4.69) is 10.3 Å². The maximum Gasteiger partial charge on any atom is 0.326 e. The van der Waals surface area contributed by atoms with E-state index < -0.39 is 17.9 Å². The normalized spacial score (nSPS) is 13.0. The molecule has 6 nitrogen and oxygen atoms in total. The number of para-hydroxylation sites is 1. The Morgan fingerprint density at radius 2 is 1.73 bits per heavy atom. The van der Waals surface area contributed by atoms with E-state index in [9.17, 15) is 19.5 Å². The summed E-state index contributed by atoms with van der Waals surface area (Å²) in [6, 6.07) is 16.1. The molecule has 2 atom stereocenters. The number of nitrogens with one attached hydrogen (secondary N) is 2. The molecule has 0 fully saturated rings. The molecule has 7 heteroatoms. The Morgan fingerprint density at radius 1 is 1.03 bits per heavy atom. The highest BCUT2D eigenvalue weighted by molar-refractivity contribution is 8.13. The van der Waals surface area contributed by atoms with E-state index in [1.807, 2.05) is 54.6 Å². The molecule has 30 heavy (non-hydrogen) atoms. The Morgan fingerprint density at radius 3 is 2.43 bits per heavy atom. The Hall–Kier alpha value is -3.06. The van der Waals surface area contributed by atoms with Crippen LogP contribution in [0.2, 0.25) is 0 Å². The monoisotopic (exact) mass is 424 g/mol. The molecular formula is C23H24N2O4S. The SMILES string of the molecule is CC(=O)SCC(Cc1ccccc1)C(=O)N[C@H](Cc1c[nH]c2ccccc12)C(=O)O. The van der Waals surface area contributed by atoms with Crippen molar-refractivity contribution in [2.45, 2.75) is 25.8 Å². The average molecular weight is 425 g/mol. The van der Waals surface area contributed by atoms with Crippen LogP contribution in [0.25, 0.3) is 10.9 Å². The second kappa shape index (κ2) is 10.1. The number of carboxylic acid groups (broad SMARTS) is 1. The van der Waals surface area contributed by atoms with Gasteiger partial charge in [-0.05, 0) is 23.6 Å². The van der Waals surface area contributed by atoms with Gasteiger partial charge >= 0.3 is 5.97 Å². The van der Waals surface area contributed by atoms with Crippen molar-refractivity contribution in [3.63, 3.8) is 0 Å². The van der Waals surface area contributed by atoms with Crippen LogP contribution in [0.3, 0.4) is 0 Å². The summed E-state index contributed by atoms with van der Waals surface area (Å²) in [5.74, 6) is -1.66. The number of carbonyl (C=O) groups excluding carboxylic acids is 2. The summed E-state index contributed by atoms with van der Waals surface area (Å²) in [4.78, 5) is 39.4. The highest BCUT2D eigenvalue weighted by Crippen LogP contribution is 2.20. The fourth-order valence-electron chi connectivity index (χ4n) is 3.35.